The van der Waals surface area contributed by atoms with E-state index in [1.807, 2.05) is 6.07 Å². The summed E-state index contributed by atoms with van der Waals surface area (Å²) in [6, 6.07) is 18.3. The molecule has 0 spiro atoms. The van der Waals surface area contributed by atoms with E-state index in [1.54, 1.807) is 12.3 Å². The maximum absolute atomic E-state index is 11.5. The number of aromatic hydroxyl groups is 1. The lowest BCUT2D eigenvalue weighted by molar-refractivity contribution is -0.136. The number of benzene rings is 3. The van der Waals surface area contributed by atoms with E-state index in [-0.39, 0.29) is 12.2 Å². The second-order valence-corrected chi connectivity index (χ2v) is 8.74. The van der Waals surface area contributed by atoms with Crippen LogP contribution in [0.3, 0.4) is 0 Å². The van der Waals surface area contributed by atoms with E-state index >= 15 is 0 Å². The Balaban J connectivity index is 1.59. The summed E-state index contributed by atoms with van der Waals surface area (Å²) in [5.74, 6) is -1.04. The average molecular weight is 463 g/mol. The number of aromatic nitrogens is 2. The lowest BCUT2D eigenvalue weighted by atomic mass is 10.0. The van der Waals surface area contributed by atoms with Crippen molar-refractivity contribution < 1.29 is 19.8 Å². The van der Waals surface area contributed by atoms with Gasteiger partial charge in [0.2, 0.25) is 6.41 Å². The van der Waals surface area contributed by atoms with Crippen molar-refractivity contribution in [1.29, 1.82) is 0 Å². The minimum atomic E-state index is -1.01. The molecule has 7 heteroatoms. The summed E-state index contributed by atoms with van der Waals surface area (Å²) >= 11 is 0. The highest BCUT2D eigenvalue weighted by Crippen LogP contribution is 2.42. The summed E-state index contributed by atoms with van der Waals surface area (Å²) in [6.07, 6.45) is 4.17. The average Bonchev–Trinajstić information content (AvgIpc) is 3.38. The van der Waals surface area contributed by atoms with Gasteiger partial charge < -0.3 is 20.1 Å². The maximum atomic E-state index is 11.5. The van der Waals surface area contributed by atoms with Crippen LogP contribution in [0.2, 0.25) is 0 Å². The number of carbonyl (C=O) groups excluding carboxylic acids is 1. The number of aliphatic carboxylic acids is 1. The van der Waals surface area contributed by atoms with Gasteiger partial charge in [0.15, 0.2) is 0 Å². The van der Waals surface area contributed by atoms with Crippen LogP contribution < -0.4 is 5.32 Å². The zero-order valence-corrected chi connectivity index (χ0v) is 18.7. The van der Waals surface area contributed by atoms with Crippen LogP contribution in [0.4, 0.5) is 5.69 Å². The third-order valence-electron chi connectivity index (χ3n) is 6.83. The predicted octanol–water partition coefficient (Wildman–Crippen LogP) is 4.71. The quantitative estimate of drug-likeness (QED) is 0.310. The normalized spacial score (nSPS) is 12.0. The van der Waals surface area contributed by atoms with Crippen LogP contribution in [0, 0.1) is 0 Å². The molecule has 0 aliphatic heterocycles. The minimum Gasteiger partial charge on any atom is -0.506 e. The number of hydrogen-bond acceptors (Lipinski definition) is 4. The summed E-state index contributed by atoms with van der Waals surface area (Å²) in [4.78, 5) is 27.1. The van der Waals surface area contributed by atoms with E-state index in [2.05, 4.69) is 57.3 Å². The first-order valence-corrected chi connectivity index (χ1v) is 11.3. The molecule has 0 fully saturated rings. The van der Waals surface area contributed by atoms with Crippen LogP contribution in [-0.4, -0.2) is 32.1 Å². The number of carboxylic acid groups (broad SMARTS) is 1. The Morgan fingerprint density at radius 2 is 1.80 bits per heavy atom. The molecule has 2 aromatic heterocycles. The number of rotatable bonds is 6. The van der Waals surface area contributed by atoms with Gasteiger partial charge in [-0.2, -0.15) is 0 Å². The Hall–Kier alpha value is -4.65. The molecule has 5 aromatic rings. The maximum Gasteiger partial charge on any atom is 0.307 e. The summed E-state index contributed by atoms with van der Waals surface area (Å²) in [5, 5.41) is 24.0. The number of carbonyl (C=O) groups is 2. The molecule has 35 heavy (non-hydrogen) atoms. The van der Waals surface area contributed by atoms with Crippen molar-refractivity contribution in [2.24, 2.45) is 0 Å². The fourth-order valence-corrected chi connectivity index (χ4v) is 5.39. The highest BCUT2D eigenvalue weighted by molar-refractivity contribution is 6.18. The standard InChI is InChI=1S/C28H21N3O4/c32-15-30-28-17(11-25(34)35)8-9-22-27(28)26-23(12-29-13-24(26)33)31(22)14-18-5-3-7-20-19-6-2-1-4-16(19)10-21(18)20/h1-9,12-13,15,33H,10-11,14H2,(H,30,32)(H,34,35). The number of amides is 1. The largest absolute Gasteiger partial charge is 0.506 e. The number of nitrogens with one attached hydrogen (secondary N) is 1. The van der Waals surface area contributed by atoms with Gasteiger partial charge in [0.25, 0.3) is 0 Å². The van der Waals surface area contributed by atoms with E-state index in [0.29, 0.717) is 40.5 Å². The number of hydrogen-bond donors (Lipinski definition) is 3. The van der Waals surface area contributed by atoms with Crippen molar-refractivity contribution in [1.82, 2.24) is 9.55 Å². The topological polar surface area (TPSA) is 104 Å². The highest BCUT2D eigenvalue weighted by Gasteiger charge is 2.24. The third-order valence-corrected chi connectivity index (χ3v) is 6.83. The van der Waals surface area contributed by atoms with Crippen LogP contribution in [0.5, 0.6) is 5.75 Å². The number of carboxylic acids is 1. The summed E-state index contributed by atoms with van der Waals surface area (Å²) in [7, 11) is 0. The van der Waals surface area contributed by atoms with Gasteiger partial charge in [0, 0.05) is 11.9 Å². The monoisotopic (exact) mass is 463 g/mol. The molecule has 0 saturated heterocycles. The summed E-state index contributed by atoms with van der Waals surface area (Å²) in [6.45, 7) is 0.529. The molecule has 1 amide bonds. The molecular weight excluding hydrogens is 442 g/mol. The van der Waals surface area contributed by atoms with Gasteiger partial charge in [-0.25, -0.2) is 0 Å². The Kier molecular flexibility index (Phi) is 4.77. The fourth-order valence-electron chi connectivity index (χ4n) is 5.39. The third kappa shape index (κ3) is 3.24. The molecule has 172 valence electrons. The molecule has 0 radical (unpaired) electrons. The molecule has 1 aliphatic carbocycles. The fraction of sp³-hybridized carbons (Fsp3) is 0.107. The van der Waals surface area contributed by atoms with Gasteiger partial charge in [-0.1, -0.05) is 48.5 Å². The summed E-state index contributed by atoms with van der Waals surface area (Å²) in [5.41, 5.74) is 8.52. The second-order valence-electron chi connectivity index (χ2n) is 8.74. The molecule has 6 rings (SSSR count). The smallest absolute Gasteiger partial charge is 0.307 e. The van der Waals surface area contributed by atoms with Crippen LogP contribution in [-0.2, 0) is 29.0 Å². The summed E-state index contributed by atoms with van der Waals surface area (Å²) < 4.78 is 2.07. The lowest BCUT2D eigenvalue weighted by Gasteiger charge is -2.13. The Morgan fingerprint density at radius 1 is 0.971 bits per heavy atom. The first-order chi connectivity index (χ1) is 17.1. The first kappa shape index (κ1) is 20.9. The van der Waals surface area contributed by atoms with Gasteiger partial charge in [0.05, 0.1) is 40.9 Å². The molecule has 3 N–H and O–H groups in total. The zero-order chi connectivity index (χ0) is 24.1. The van der Waals surface area contributed by atoms with E-state index in [0.717, 1.165) is 17.5 Å². The Labute approximate surface area is 200 Å². The van der Waals surface area contributed by atoms with E-state index < -0.39 is 5.97 Å². The van der Waals surface area contributed by atoms with Crippen molar-refractivity contribution in [3.63, 3.8) is 0 Å². The molecule has 0 bridgehead atoms. The molecule has 0 saturated carbocycles. The molecule has 0 unspecified atom stereocenters. The molecular formula is C28H21N3O4. The lowest BCUT2D eigenvalue weighted by Crippen LogP contribution is -2.06. The highest BCUT2D eigenvalue weighted by atomic mass is 16.4. The molecule has 2 heterocycles. The SMILES string of the molecule is O=CNc1c(CC(=O)O)ccc2c1c1c(O)cncc1n2Cc1cccc2c1Cc1ccccc1-2. The van der Waals surface area contributed by atoms with Gasteiger partial charge in [-0.15, -0.1) is 0 Å². The zero-order valence-electron chi connectivity index (χ0n) is 18.7. The molecule has 7 nitrogen and oxygen atoms in total. The van der Waals surface area contributed by atoms with Crippen LogP contribution in [0.25, 0.3) is 32.9 Å². The number of nitrogens with zero attached hydrogens (tertiary/aromatic N) is 2. The molecule has 0 atom stereocenters. The number of fused-ring (bicyclic) bond motifs is 6. The first-order valence-electron chi connectivity index (χ1n) is 11.3. The van der Waals surface area contributed by atoms with Crippen molar-refractivity contribution in [3.05, 3.63) is 89.2 Å². The minimum absolute atomic E-state index is 0.0293. The van der Waals surface area contributed by atoms with Crippen molar-refractivity contribution >= 4 is 39.9 Å². The van der Waals surface area contributed by atoms with Crippen LogP contribution >= 0.6 is 0 Å². The van der Waals surface area contributed by atoms with Crippen LogP contribution in [0.15, 0.2) is 67.0 Å². The van der Waals surface area contributed by atoms with E-state index in [4.69, 9.17) is 0 Å². The van der Waals surface area contributed by atoms with Crippen LogP contribution in [0.1, 0.15) is 22.3 Å². The van der Waals surface area contributed by atoms with Gasteiger partial charge >= 0.3 is 5.97 Å². The van der Waals surface area contributed by atoms with Crippen molar-refractivity contribution in [2.75, 3.05) is 5.32 Å². The van der Waals surface area contributed by atoms with Gasteiger partial charge in [-0.3, -0.25) is 14.6 Å². The number of anilines is 1. The predicted molar refractivity (Wildman–Crippen MR) is 134 cm³/mol. The second kappa shape index (κ2) is 7.99. The Bertz CT molecular complexity index is 1670. The van der Waals surface area contributed by atoms with Gasteiger partial charge in [0.1, 0.15) is 5.75 Å². The molecule has 3 aromatic carbocycles. The van der Waals surface area contributed by atoms with Gasteiger partial charge in [-0.05, 0) is 45.9 Å². The number of pyridine rings is 1. The van der Waals surface area contributed by atoms with E-state index in [9.17, 15) is 19.8 Å². The molecule has 1 aliphatic rings. The van der Waals surface area contributed by atoms with E-state index in [1.165, 1.54) is 28.5 Å². The Morgan fingerprint density at radius 3 is 2.63 bits per heavy atom. The van der Waals surface area contributed by atoms with Crippen molar-refractivity contribution in [2.45, 2.75) is 19.4 Å². The van der Waals surface area contributed by atoms with Crippen molar-refractivity contribution in [3.8, 4) is 16.9 Å².